The van der Waals surface area contributed by atoms with Gasteiger partial charge in [0.25, 0.3) is 5.56 Å². The molecule has 0 atom stereocenters. The fourth-order valence-electron chi connectivity index (χ4n) is 3.52. The average Bonchev–Trinajstić information content (AvgIpc) is 3.22. The van der Waals surface area contributed by atoms with Crippen molar-refractivity contribution in [3.05, 3.63) is 117 Å². The van der Waals surface area contributed by atoms with Crippen molar-refractivity contribution in [3.63, 3.8) is 0 Å². The predicted molar refractivity (Wildman–Crippen MR) is 126 cm³/mol. The zero-order valence-corrected chi connectivity index (χ0v) is 17.9. The van der Waals surface area contributed by atoms with E-state index in [1.54, 1.807) is 12.1 Å². The van der Waals surface area contributed by atoms with Crippen molar-refractivity contribution in [2.75, 3.05) is 0 Å². The van der Waals surface area contributed by atoms with Gasteiger partial charge in [-0.15, -0.1) is 11.3 Å². The minimum absolute atomic E-state index is 0.172. The van der Waals surface area contributed by atoms with Crippen LogP contribution in [0, 0.1) is 5.82 Å². The maximum Gasteiger partial charge on any atom is 0.259 e. The van der Waals surface area contributed by atoms with Gasteiger partial charge >= 0.3 is 0 Å². The lowest BCUT2D eigenvalue weighted by molar-refractivity contribution is 0.307. The van der Waals surface area contributed by atoms with Crippen LogP contribution in [0.1, 0.15) is 16.0 Å². The third-order valence-electron chi connectivity index (χ3n) is 5.12. The molecular formula is C26H19FN2O2S. The van der Waals surface area contributed by atoms with Gasteiger partial charge in [-0.25, -0.2) is 9.37 Å². The van der Waals surface area contributed by atoms with Gasteiger partial charge in [0.2, 0.25) is 0 Å². The molecule has 5 rings (SSSR count). The summed E-state index contributed by atoms with van der Waals surface area (Å²) in [5, 5.41) is 0.592. The molecule has 1 N–H and O–H groups in total. The Morgan fingerprint density at radius 2 is 1.66 bits per heavy atom. The van der Waals surface area contributed by atoms with Gasteiger partial charge in [0, 0.05) is 11.3 Å². The molecule has 0 aliphatic carbocycles. The van der Waals surface area contributed by atoms with E-state index >= 15 is 0 Å². The molecule has 0 amide bonds. The molecule has 32 heavy (non-hydrogen) atoms. The van der Waals surface area contributed by atoms with E-state index < -0.39 is 0 Å². The van der Waals surface area contributed by atoms with Gasteiger partial charge in [0.1, 0.15) is 28.8 Å². The molecule has 2 heterocycles. The number of halogens is 1. The van der Waals surface area contributed by atoms with E-state index in [0.717, 1.165) is 16.9 Å². The molecule has 0 saturated carbocycles. The van der Waals surface area contributed by atoms with Crippen LogP contribution < -0.4 is 10.3 Å². The lowest BCUT2D eigenvalue weighted by Crippen LogP contribution is -2.08. The predicted octanol–water partition coefficient (Wildman–Crippen LogP) is 5.96. The highest BCUT2D eigenvalue weighted by Gasteiger charge is 2.14. The third kappa shape index (κ3) is 4.31. The van der Waals surface area contributed by atoms with Crippen molar-refractivity contribution in [2.24, 2.45) is 0 Å². The normalized spacial score (nSPS) is 11.0. The van der Waals surface area contributed by atoms with Gasteiger partial charge in [-0.1, -0.05) is 54.6 Å². The van der Waals surface area contributed by atoms with E-state index in [1.165, 1.54) is 29.0 Å². The number of rotatable bonds is 6. The molecule has 158 valence electrons. The lowest BCUT2D eigenvalue weighted by Gasteiger charge is -2.11. The number of nitrogens with one attached hydrogen (secondary N) is 1. The number of aromatic amines is 1. The number of thiophene rings is 1. The third-order valence-corrected chi connectivity index (χ3v) is 6.15. The fourth-order valence-corrected chi connectivity index (χ4v) is 4.59. The Bertz CT molecular complexity index is 1430. The highest BCUT2D eigenvalue weighted by molar-refractivity contribution is 7.18. The molecule has 4 nitrogen and oxygen atoms in total. The first-order valence-corrected chi connectivity index (χ1v) is 11.0. The summed E-state index contributed by atoms with van der Waals surface area (Å²) in [4.78, 5) is 22.2. The Kier molecular flexibility index (Phi) is 5.52. The molecule has 0 aliphatic rings. The molecule has 5 aromatic rings. The van der Waals surface area contributed by atoms with E-state index in [0.29, 0.717) is 27.4 Å². The second-order valence-electron chi connectivity index (χ2n) is 7.42. The summed E-state index contributed by atoms with van der Waals surface area (Å²) < 4.78 is 19.1. The van der Waals surface area contributed by atoms with Crippen molar-refractivity contribution < 1.29 is 9.13 Å². The number of nitrogens with zero attached hydrogens (tertiary/aromatic N) is 1. The Balaban J connectivity index is 1.45. The first kappa shape index (κ1) is 20.2. The number of hydrogen-bond acceptors (Lipinski definition) is 4. The quantitative estimate of drug-likeness (QED) is 0.353. The highest BCUT2D eigenvalue weighted by atomic mass is 32.1. The number of hydrogen-bond donors (Lipinski definition) is 1. The SMILES string of the molecule is O=c1[nH]c(-c2ccccc2OCc2ccc(F)cc2)nc2sc(Cc3ccccc3)cc12. The first-order valence-electron chi connectivity index (χ1n) is 10.2. The summed E-state index contributed by atoms with van der Waals surface area (Å²) in [5.41, 5.74) is 2.57. The van der Waals surface area contributed by atoms with Gasteiger partial charge in [-0.3, -0.25) is 4.79 Å². The first-order chi connectivity index (χ1) is 15.7. The molecule has 0 bridgehead atoms. The summed E-state index contributed by atoms with van der Waals surface area (Å²) in [6, 6.07) is 25.7. The number of H-pyrrole nitrogens is 1. The number of ether oxygens (including phenoxy) is 1. The molecule has 0 fully saturated rings. The van der Waals surface area contributed by atoms with Crippen LogP contribution >= 0.6 is 11.3 Å². The molecule has 2 aromatic heterocycles. The Hall–Kier alpha value is -3.77. The number of benzene rings is 3. The zero-order chi connectivity index (χ0) is 21.9. The summed E-state index contributed by atoms with van der Waals surface area (Å²) in [6.45, 7) is 0.282. The van der Waals surface area contributed by atoms with Crippen LogP contribution in [0.5, 0.6) is 5.75 Å². The minimum Gasteiger partial charge on any atom is -0.488 e. The van der Waals surface area contributed by atoms with Gasteiger partial charge in [0.15, 0.2) is 0 Å². The summed E-state index contributed by atoms with van der Waals surface area (Å²) in [7, 11) is 0. The minimum atomic E-state index is -0.285. The fraction of sp³-hybridized carbons (Fsp3) is 0.0769. The smallest absolute Gasteiger partial charge is 0.259 e. The molecule has 0 saturated heterocycles. The van der Waals surface area contributed by atoms with E-state index in [4.69, 9.17) is 9.72 Å². The summed E-state index contributed by atoms with van der Waals surface area (Å²) >= 11 is 1.53. The largest absolute Gasteiger partial charge is 0.488 e. The number of aromatic nitrogens is 2. The Morgan fingerprint density at radius 1 is 0.906 bits per heavy atom. The average molecular weight is 443 g/mol. The van der Waals surface area contributed by atoms with E-state index in [9.17, 15) is 9.18 Å². The molecule has 6 heteroatoms. The standard InChI is InChI=1S/C26H19FN2O2S/c27-19-12-10-18(11-13-19)16-31-23-9-5-4-8-21(23)24-28-25(30)22-15-20(32-26(22)29-24)14-17-6-2-1-3-7-17/h1-13,15H,14,16H2,(H,28,29,30). The van der Waals surface area contributed by atoms with Crippen LogP contribution in [0.2, 0.25) is 0 Å². The van der Waals surface area contributed by atoms with Crippen molar-refractivity contribution in [1.82, 2.24) is 9.97 Å². The second kappa shape index (κ2) is 8.77. The van der Waals surface area contributed by atoms with Crippen LogP contribution in [-0.4, -0.2) is 9.97 Å². The van der Waals surface area contributed by atoms with E-state index in [-0.39, 0.29) is 18.0 Å². The molecule has 0 aliphatic heterocycles. The van der Waals surface area contributed by atoms with Crippen LogP contribution in [0.25, 0.3) is 21.6 Å². The second-order valence-corrected chi connectivity index (χ2v) is 8.53. The van der Waals surface area contributed by atoms with Crippen LogP contribution in [0.3, 0.4) is 0 Å². The van der Waals surface area contributed by atoms with Crippen LogP contribution in [-0.2, 0) is 13.0 Å². The molecule has 0 spiro atoms. The highest BCUT2D eigenvalue weighted by Crippen LogP contribution is 2.30. The molecule has 0 unspecified atom stereocenters. The molecule has 3 aromatic carbocycles. The van der Waals surface area contributed by atoms with Crippen molar-refractivity contribution >= 4 is 21.6 Å². The molecule has 0 radical (unpaired) electrons. The topological polar surface area (TPSA) is 55.0 Å². The van der Waals surface area contributed by atoms with Gasteiger partial charge < -0.3 is 9.72 Å². The van der Waals surface area contributed by atoms with E-state index in [2.05, 4.69) is 17.1 Å². The van der Waals surface area contributed by atoms with Crippen molar-refractivity contribution in [3.8, 4) is 17.1 Å². The van der Waals surface area contributed by atoms with Crippen LogP contribution in [0.4, 0.5) is 4.39 Å². The number of para-hydroxylation sites is 1. The van der Waals surface area contributed by atoms with Gasteiger partial charge in [-0.2, -0.15) is 0 Å². The van der Waals surface area contributed by atoms with Crippen LogP contribution in [0.15, 0.2) is 89.7 Å². The monoisotopic (exact) mass is 442 g/mol. The summed E-state index contributed by atoms with van der Waals surface area (Å²) in [6.07, 6.45) is 0.758. The molecular weight excluding hydrogens is 423 g/mol. The Morgan fingerprint density at radius 3 is 2.47 bits per heavy atom. The maximum atomic E-state index is 13.1. The number of fused-ring (bicyclic) bond motifs is 1. The van der Waals surface area contributed by atoms with E-state index in [1.807, 2.05) is 48.5 Å². The van der Waals surface area contributed by atoms with Gasteiger partial charge in [-0.05, 0) is 41.5 Å². The Labute approximate surface area is 188 Å². The lowest BCUT2D eigenvalue weighted by atomic mass is 10.1. The van der Waals surface area contributed by atoms with Gasteiger partial charge in [0.05, 0.1) is 10.9 Å². The maximum absolute atomic E-state index is 13.1. The van der Waals surface area contributed by atoms with Crippen molar-refractivity contribution in [1.29, 1.82) is 0 Å². The van der Waals surface area contributed by atoms with Crippen molar-refractivity contribution in [2.45, 2.75) is 13.0 Å². The summed E-state index contributed by atoms with van der Waals surface area (Å²) in [5.74, 6) is 0.775. The zero-order valence-electron chi connectivity index (χ0n) is 17.0.